The van der Waals surface area contributed by atoms with Crippen molar-refractivity contribution in [2.24, 2.45) is 16.8 Å². The number of aryl methyl sites for hydroxylation is 1. The van der Waals surface area contributed by atoms with Crippen molar-refractivity contribution in [3.05, 3.63) is 5.69 Å². The molecule has 4 rings (SSSR count). The second kappa shape index (κ2) is 8.26. The molecule has 3 heterocycles. The second-order valence-corrected chi connectivity index (χ2v) is 8.04. The molecule has 0 spiro atoms. The highest BCUT2D eigenvalue weighted by molar-refractivity contribution is 5.73. The van der Waals surface area contributed by atoms with Crippen LogP contribution in [0.2, 0.25) is 0 Å². The van der Waals surface area contributed by atoms with E-state index in [1.165, 1.54) is 6.21 Å². The van der Waals surface area contributed by atoms with E-state index in [0.29, 0.717) is 24.2 Å². The molecule has 1 saturated heterocycles. The first-order chi connectivity index (χ1) is 14.3. The molecular formula is C19H24F4N4O3. The van der Waals surface area contributed by atoms with Crippen LogP contribution in [0.5, 0.6) is 6.01 Å². The van der Waals surface area contributed by atoms with E-state index < -0.39 is 43.0 Å². The number of halogens is 4. The van der Waals surface area contributed by atoms with Crippen molar-refractivity contribution in [1.29, 1.82) is 0 Å². The number of aliphatic hydroxyl groups excluding tert-OH is 1. The van der Waals surface area contributed by atoms with E-state index in [-0.39, 0.29) is 17.9 Å². The number of fused-ring (bicyclic) bond motifs is 1. The summed E-state index contributed by atoms with van der Waals surface area (Å²) in [4.78, 5) is 12.8. The molecule has 1 saturated carbocycles. The average Bonchev–Trinajstić information content (AvgIpc) is 3.24. The first-order valence-corrected chi connectivity index (χ1v) is 10.1. The fraction of sp³-hybridized carbons (Fsp3) is 0.737. The molecule has 1 aromatic rings. The van der Waals surface area contributed by atoms with Gasteiger partial charge in [-0.1, -0.05) is 0 Å². The standard InChI is InChI=1S/C19H24F4N4O3/c20-7-12-13(19(21,22)23)15(28)16(30-12)9-5-6-11-14(25-8-9)17(24)27-18(26-11)29-10-3-1-2-4-10/h8-10,12-13,15-16,28H,1-7H2,(H2,24,26,27)/t9-,12-,13+,15-,16?/m1/s1. The monoisotopic (exact) mass is 432 g/mol. The first-order valence-electron chi connectivity index (χ1n) is 10.1. The Morgan fingerprint density at radius 1 is 1.20 bits per heavy atom. The zero-order chi connectivity index (χ0) is 21.5. The lowest BCUT2D eigenvalue weighted by atomic mass is 9.88. The van der Waals surface area contributed by atoms with Gasteiger partial charge in [0.2, 0.25) is 0 Å². The quantitative estimate of drug-likeness (QED) is 0.710. The lowest BCUT2D eigenvalue weighted by Crippen LogP contribution is -2.41. The van der Waals surface area contributed by atoms with Crippen LogP contribution in [0.4, 0.5) is 29.1 Å². The molecule has 0 bridgehead atoms. The minimum atomic E-state index is -4.77. The summed E-state index contributed by atoms with van der Waals surface area (Å²) in [6.45, 7) is -1.33. The molecule has 3 N–H and O–H groups in total. The number of nitrogens with zero attached hydrogens (tertiary/aromatic N) is 3. The Bertz CT molecular complexity index is 801. The summed E-state index contributed by atoms with van der Waals surface area (Å²) in [5, 5.41) is 10.3. The molecule has 166 valence electrons. The number of hydrogen-bond donors (Lipinski definition) is 2. The van der Waals surface area contributed by atoms with Gasteiger partial charge in [0.05, 0.1) is 17.9 Å². The molecule has 0 aromatic carbocycles. The van der Waals surface area contributed by atoms with E-state index in [0.717, 1.165) is 25.7 Å². The number of ether oxygens (including phenoxy) is 2. The predicted molar refractivity (Wildman–Crippen MR) is 99.5 cm³/mol. The van der Waals surface area contributed by atoms with Gasteiger partial charge in [0.25, 0.3) is 0 Å². The van der Waals surface area contributed by atoms with E-state index in [1.807, 2.05) is 0 Å². The molecule has 2 fully saturated rings. The minimum absolute atomic E-state index is 0.0449. The van der Waals surface area contributed by atoms with Crippen molar-refractivity contribution in [2.45, 2.75) is 69.1 Å². The Morgan fingerprint density at radius 2 is 1.93 bits per heavy atom. The minimum Gasteiger partial charge on any atom is -0.460 e. The first kappa shape index (κ1) is 21.2. The topological polar surface area (TPSA) is 103 Å². The lowest BCUT2D eigenvalue weighted by molar-refractivity contribution is -0.203. The maximum absolute atomic E-state index is 13.3. The molecule has 1 aliphatic carbocycles. The number of aliphatic hydroxyl groups is 1. The van der Waals surface area contributed by atoms with Crippen LogP contribution in [0.1, 0.15) is 37.8 Å². The van der Waals surface area contributed by atoms with Crippen LogP contribution >= 0.6 is 0 Å². The highest BCUT2D eigenvalue weighted by atomic mass is 19.4. The molecule has 5 atom stereocenters. The Balaban J connectivity index is 1.51. The molecule has 0 amide bonds. The van der Waals surface area contributed by atoms with Crippen molar-refractivity contribution in [2.75, 3.05) is 12.4 Å². The van der Waals surface area contributed by atoms with Gasteiger partial charge in [-0.05, 0) is 38.5 Å². The smallest absolute Gasteiger partial charge is 0.396 e. The normalized spacial score (nSPS) is 32.2. The summed E-state index contributed by atoms with van der Waals surface area (Å²) in [5.41, 5.74) is 6.87. The maximum Gasteiger partial charge on any atom is 0.396 e. The van der Waals surface area contributed by atoms with Gasteiger partial charge in [-0.2, -0.15) is 23.1 Å². The number of aromatic nitrogens is 2. The van der Waals surface area contributed by atoms with Crippen LogP contribution in [0.3, 0.4) is 0 Å². The van der Waals surface area contributed by atoms with Crippen molar-refractivity contribution in [3.63, 3.8) is 0 Å². The molecule has 2 aliphatic heterocycles. The SMILES string of the molecule is Nc1nc(OC2CCCC2)nc2c1N=C[C@H](C1O[C@H](CF)[C@H](C(F)(F)F)[C@H]1O)CC2. The molecule has 7 nitrogen and oxygen atoms in total. The predicted octanol–water partition coefficient (Wildman–Crippen LogP) is 2.92. The maximum atomic E-state index is 13.3. The van der Waals surface area contributed by atoms with Crippen molar-refractivity contribution in [3.8, 4) is 6.01 Å². The number of aliphatic imine (C=N–C) groups is 1. The van der Waals surface area contributed by atoms with Gasteiger partial charge in [0.15, 0.2) is 5.82 Å². The Kier molecular flexibility index (Phi) is 5.84. The molecule has 0 radical (unpaired) electrons. The Morgan fingerprint density at radius 3 is 2.57 bits per heavy atom. The van der Waals surface area contributed by atoms with E-state index in [9.17, 15) is 22.7 Å². The van der Waals surface area contributed by atoms with Crippen LogP contribution in [0.15, 0.2) is 4.99 Å². The van der Waals surface area contributed by atoms with Gasteiger partial charge >= 0.3 is 12.2 Å². The Labute approximate surface area is 170 Å². The summed E-state index contributed by atoms with van der Waals surface area (Å²) >= 11 is 0. The molecule has 3 aliphatic rings. The highest BCUT2D eigenvalue weighted by Gasteiger charge is 2.58. The third-order valence-electron chi connectivity index (χ3n) is 6.04. The summed E-state index contributed by atoms with van der Waals surface area (Å²) in [5.74, 6) is -2.82. The molecule has 1 aromatic heterocycles. The zero-order valence-electron chi connectivity index (χ0n) is 16.2. The van der Waals surface area contributed by atoms with E-state index >= 15 is 0 Å². The summed E-state index contributed by atoms with van der Waals surface area (Å²) < 4.78 is 64.0. The van der Waals surface area contributed by atoms with Crippen LogP contribution in [0, 0.1) is 11.8 Å². The fourth-order valence-electron chi connectivity index (χ4n) is 4.50. The van der Waals surface area contributed by atoms with E-state index in [2.05, 4.69) is 15.0 Å². The van der Waals surface area contributed by atoms with Crippen LogP contribution < -0.4 is 10.5 Å². The highest BCUT2D eigenvalue weighted by Crippen LogP contribution is 2.43. The van der Waals surface area contributed by atoms with Gasteiger partial charge in [-0.15, -0.1) is 0 Å². The van der Waals surface area contributed by atoms with Crippen LogP contribution in [-0.2, 0) is 11.2 Å². The second-order valence-electron chi connectivity index (χ2n) is 8.04. The van der Waals surface area contributed by atoms with Crippen LogP contribution in [-0.4, -0.2) is 58.6 Å². The number of nitrogens with two attached hydrogens (primary N) is 1. The van der Waals surface area contributed by atoms with Crippen molar-refractivity contribution >= 4 is 17.7 Å². The summed E-state index contributed by atoms with van der Waals surface area (Å²) in [6, 6.07) is 0.165. The third kappa shape index (κ3) is 4.09. The molecule has 30 heavy (non-hydrogen) atoms. The van der Waals surface area contributed by atoms with Crippen LogP contribution in [0.25, 0.3) is 0 Å². The van der Waals surface area contributed by atoms with Crippen molar-refractivity contribution in [1.82, 2.24) is 9.97 Å². The summed E-state index contributed by atoms with van der Waals surface area (Å²) in [6.07, 6.45) is -3.52. The third-order valence-corrected chi connectivity index (χ3v) is 6.04. The number of alkyl halides is 4. The largest absolute Gasteiger partial charge is 0.460 e. The van der Waals surface area contributed by atoms with Crippen molar-refractivity contribution < 1.29 is 32.1 Å². The summed E-state index contributed by atoms with van der Waals surface area (Å²) in [7, 11) is 0. The molecular weight excluding hydrogens is 408 g/mol. The van der Waals surface area contributed by atoms with Gasteiger partial charge < -0.3 is 20.3 Å². The van der Waals surface area contributed by atoms with Gasteiger partial charge in [0.1, 0.15) is 30.5 Å². The molecule has 1 unspecified atom stereocenters. The fourth-order valence-corrected chi connectivity index (χ4v) is 4.50. The average molecular weight is 432 g/mol. The lowest BCUT2D eigenvalue weighted by Gasteiger charge is -2.23. The Hall–Kier alpha value is -2.01. The van der Waals surface area contributed by atoms with Gasteiger partial charge in [-0.3, -0.25) is 4.99 Å². The van der Waals surface area contributed by atoms with Gasteiger partial charge in [-0.25, -0.2) is 4.39 Å². The number of rotatable bonds is 4. The number of hydrogen-bond acceptors (Lipinski definition) is 7. The number of nitrogen functional groups attached to an aromatic ring is 1. The molecule has 11 heteroatoms. The zero-order valence-corrected chi connectivity index (χ0v) is 16.2. The number of anilines is 1. The van der Waals surface area contributed by atoms with Gasteiger partial charge in [0, 0.05) is 12.1 Å². The van der Waals surface area contributed by atoms with E-state index in [4.69, 9.17) is 15.2 Å². The van der Waals surface area contributed by atoms with E-state index in [1.54, 1.807) is 0 Å².